The van der Waals surface area contributed by atoms with Crippen molar-refractivity contribution in [1.29, 1.82) is 0 Å². The summed E-state index contributed by atoms with van der Waals surface area (Å²) in [5, 5.41) is 0. The zero-order valence-corrected chi connectivity index (χ0v) is 10.5. The summed E-state index contributed by atoms with van der Waals surface area (Å²) in [6.07, 6.45) is 0. The standard InChI is InChI=1S/C6H8O3.C6H14/c1-3-4(2)6(8)9-5(3)7;1-5(2)6(3)4/h3-4H,1-2H3;5-6H,1-4H3. The van der Waals surface area contributed by atoms with Crippen LogP contribution in [0.1, 0.15) is 41.5 Å². The monoisotopic (exact) mass is 214 g/mol. The molecule has 0 aliphatic carbocycles. The molecule has 0 amide bonds. The number of carbonyl (C=O) groups excluding carboxylic acids is 2. The Morgan fingerprint density at radius 3 is 1.20 bits per heavy atom. The molecule has 2 atom stereocenters. The van der Waals surface area contributed by atoms with Crippen molar-refractivity contribution in [2.24, 2.45) is 23.7 Å². The number of carbonyl (C=O) groups is 2. The van der Waals surface area contributed by atoms with Gasteiger partial charge in [-0.25, -0.2) is 0 Å². The van der Waals surface area contributed by atoms with Crippen LogP contribution in [-0.4, -0.2) is 11.9 Å². The van der Waals surface area contributed by atoms with E-state index < -0.39 is 11.9 Å². The van der Waals surface area contributed by atoms with Crippen molar-refractivity contribution >= 4 is 11.9 Å². The van der Waals surface area contributed by atoms with Crippen LogP contribution in [-0.2, 0) is 14.3 Å². The average Bonchev–Trinajstić information content (AvgIpc) is 2.34. The lowest BCUT2D eigenvalue weighted by molar-refractivity contribution is -0.153. The van der Waals surface area contributed by atoms with Gasteiger partial charge in [0, 0.05) is 0 Å². The van der Waals surface area contributed by atoms with E-state index in [4.69, 9.17) is 0 Å². The van der Waals surface area contributed by atoms with Gasteiger partial charge in [-0.1, -0.05) is 41.5 Å². The lowest BCUT2D eigenvalue weighted by atomic mass is 10.00. The number of hydrogen-bond donors (Lipinski definition) is 0. The van der Waals surface area contributed by atoms with Crippen molar-refractivity contribution in [3.05, 3.63) is 0 Å². The van der Waals surface area contributed by atoms with E-state index in [2.05, 4.69) is 32.4 Å². The van der Waals surface area contributed by atoms with Crippen molar-refractivity contribution in [3.63, 3.8) is 0 Å². The highest BCUT2D eigenvalue weighted by Gasteiger charge is 2.37. The van der Waals surface area contributed by atoms with Crippen LogP contribution in [0.2, 0.25) is 0 Å². The molecule has 0 N–H and O–H groups in total. The molecule has 2 unspecified atom stereocenters. The molecule has 88 valence electrons. The van der Waals surface area contributed by atoms with Crippen molar-refractivity contribution in [2.75, 3.05) is 0 Å². The topological polar surface area (TPSA) is 43.4 Å². The fourth-order valence-corrected chi connectivity index (χ4v) is 0.693. The maximum atomic E-state index is 10.6. The third kappa shape index (κ3) is 4.45. The third-order valence-electron chi connectivity index (χ3n) is 3.03. The van der Waals surface area contributed by atoms with Gasteiger partial charge in [-0.3, -0.25) is 9.59 Å². The zero-order valence-electron chi connectivity index (χ0n) is 10.5. The SMILES string of the molecule is CC(C)C(C)C.CC1C(=O)OC(=O)C1C. The molecule has 0 aromatic heterocycles. The number of ether oxygens (including phenoxy) is 1. The minimum absolute atomic E-state index is 0.252. The van der Waals surface area contributed by atoms with Crippen LogP contribution in [0.3, 0.4) is 0 Å². The van der Waals surface area contributed by atoms with E-state index in [9.17, 15) is 9.59 Å². The highest BCUT2D eigenvalue weighted by atomic mass is 16.6. The van der Waals surface area contributed by atoms with Crippen molar-refractivity contribution in [1.82, 2.24) is 0 Å². The minimum atomic E-state index is -0.396. The summed E-state index contributed by atoms with van der Waals surface area (Å²) in [5.41, 5.74) is 0. The van der Waals surface area contributed by atoms with Crippen molar-refractivity contribution < 1.29 is 14.3 Å². The Balaban J connectivity index is 0.000000288. The van der Waals surface area contributed by atoms with E-state index >= 15 is 0 Å². The second kappa shape index (κ2) is 5.89. The van der Waals surface area contributed by atoms with Crippen LogP contribution in [0.15, 0.2) is 0 Å². The molecule has 3 heteroatoms. The van der Waals surface area contributed by atoms with Crippen LogP contribution in [0.25, 0.3) is 0 Å². The average molecular weight is 214 g/mol. The Labute approximate surface area is 92.2 Å². The van der Waals surface area contributed by atoms with Crippen LogP contribution in [0.5, 0.6) is 0 Å². The summed E-state index contributed by atoms with van der Waals surface area (Å²) in [5.74, 6) is 0.407. The van der Waals surface area contributed by atoms with E-state index in [0.717, 1.165) is 11.8 Å². The molecular weight excluding hydrogens is 192 g/mol. The van der Waals surface area contributed by atoms with Crippen molar-refractivity contribution in [3.8, 4) is 0 Å². The molecule has 0 aromatic carbocycles. The number of hydrogen-bond acceptors (Lipinski definition) is 3. The molecule has 0 aromatic rings. The van der Waals surface area contributed by atoms with Crippen LogP contribution in [0, 0.1) is 23.7 Å². The molecule has 0 bridgehead atoms. The van der Waals surface area contributed by atoms with E-state index in [1.54, 1.807) is 13.8 Å². The minimum Gasteiger partial charge on any atom is -0.393 e. The van der Waals surface area contributed by atoms with E-state index in [1.165, 1.54) is 0 Å². The van der Waals surface area contributed by atoms with Gasteiger partial charge in [0.15, 0.2) is 0 Å². The van der Waals surface area contributed by atoms with E-state index in [-0.39, 0.29) is 11.8 Å². The first-order chi connectivity index (χ1) is 6.77. The van der Waals surface area contributed by atoms with E-state index in [0.29, 0.717) is 0 Å². The fourth-order valence-electron chi connectivity index (χ4n) is 0.693. The van der Waals surface area contributed by atoms with Crippen molar-refractivity contribution in [2.45, 2.75) is 41.5 Å². The number of esters is 2. The molecule has 0 radical (unpaired) electrons. The lowest BCUT2D eigenvalue weighted by Gasteiger charge is -2.05. The van der Waals surface area contributed by atoms with E-state index in [1.807, 2.05) is 0 Å². The Morgan fingerprint density at radius 1 is 0.867 bits per heavy atom. The lowest BCUT2D eigenvalue weighted by Crippen LogP contribution is -2.09. The quantitative estimate of drug-likeness (QED) is 0.498. The third-order valence-corrected chi connectivity index (χ3v) is 3.03. The number of rotatable bonds is 1. The summed E-state index contributed by atoms with van der Waals surface area (Å²) in [6.45, 7) is 12.3. The highest BCUT2D eigenvalue weighted by Crippen LogP contribution is 2.21. The van der Waals surface area contributed by atoms with Gasteiger partial charge in [0.1, 0.15) is 0 Å². The predicted octanol–water partition coefficient (Wildman–Crippen LogP) is 2.64. The zero-order chi connectivity index (χ0) is 12.2. The van der Waals surface area contributed by atoms with Crippen LogP contribution in [0.4, 0.5) is 0 Å². The largest absolute Gasteiger partial charge is 0.393 e. The van der Waals surface area contributed by atoms with Gasteiger partial charge in [-0.05, 0) is 11.8 Å². The van der Waals surface area contributed by atoms with Gasteiger partial charge in [-0.15, -0.1) is 0 Å². The molecule has 3 nitrogen and oxygen atoms in total. The summed E-state index contributed by atoms with van der Waals surface area (Å²) < 4.78 is 4.31. The first-order valence-electron chi connectivity index (χ1n) is 5.52. The summed E-state index contributed by atoms with van der Waals surface area (Å²) in [7, 11) is 0. The van der Waals surface area contributed by atoms with Gasteiger partial charge < -0.3 is 4.74 Å². The summed E-state index contributed by atoms with van der Waals surface area (Å²) in [4.78, 5) is 21.1. The van der Waals surface area contributed by atoms with Crippen LogP contribution < -0.4 is 0 Å². The molecule has 1 saturated heterocycles. The first-order valence-corrected chi connectivity index (χ1v) is 5.52. The second-order valence-electron chi connectivity index (χ2n) is 4.81. The second-order valence-corrected chi connectivity index (χ2v) is 4.81. The molecule has 15 heavy (non-hydrogen) atoms. The number of cyclic esters (lactones) is 2. The molecule has 1 rings (SSSR count). The smallest absolute Gasteiger partial charge is 0.317 e. The molecule has 0 spiro atoms. The Hall–Kier alpha value is -0.860. The Morgan fingerprint density at radius 2 is 1.13 bits per heavy atom. The van der Waals surface area contributed by atoms with Gasteiger partial charge in [0.2, 0.25) is 0 Å². The van der Waals surface area contributed by atoms with Gasteiger partial charge in [0.25, 0.3) is 0 Å². The highest BCUT2D eigenvalue weighted by molar-refractivity contribution is 5.95. The maximum Gasteiger partial charge on any atom is 0.317 e. The Bertz CT molecular complexity index is 207. The molecular formula is C12H22O3. The first kappa shape index (κ1) is 14.1. The van der Waals surface area contributed by atoms with Crippen LogP contribution >= 0.6 is 0 Å². The summed E-state index contributed by atoms with van der Waals surface area (Å²) in [6, 6.07) is 0. The molecule has 1 aliphatic rings. The fraction of sp³-hybridized carbons (Fsp3) is 0.833. The normalized spacial score (nSPS) is 25.3. The summed E-state index contributed by atoms with van der Waals surface area (Å²) >= 11 is 0. The molecule has 1 heterocycles. The molecule has 0 saturated carbocycles. The van der Waals surface area contributed by atoms with Gasteiger partial charge >= 0.3 is 11.9 Å². The molecule has 1 aliphatic heterocycles. The van der Waals surface area contributed by atoms with Gasteiger partial charge in [-0.2, -0.15) is 0 Å². The maximum absolute atomic E-state index is 10.6. The predicted molar refractivity (Wildman–Crippen MR) is 59.1 cm³/mol. The molecule has 1 fully saturated rings. The Kier molecular flexibility index (Phi) is 5.55. The van der Waals surface area contributed by atoms with Gasteiger partial charge in [0.05, 0.1) is 11.8 Å².